The molecule has 11 heteroatoms. The van der Waals surface area contributed by atoms with Crippen LogP contribution in [0.3, 0.4) is 0 Å². The summed E-state index contributed by atoms with van der Waals surface area (Å²) in [5.74, 6) is -0.0131. The van der Waals surface area contributed by atoms with Gasteiger partial charge in [0, 0.05) is 18.7 Å². The number of anilines is 1. The average Bonchev–Trinajstić information content (AvgIpc) is 3.08. The van der Waals surface area contributed by atoms with E-state index in [-0.39, 0.29) is 40.8 Å². The summed E-state index contributed by atoms with van der Waals surface area (Å²) in [5, 5.41) is 7.19. The molecule has 1 aromatic carbocycles. The fourth-order valence-electron chi connectivity index (χ4n) is 3.76. The molecule has 1 amide bonds. The monoisotopic (exact) mass is 470 g/mol. The molecule has 10 nitrogen and oxygen atoms in total. The molecule has 0 fully saturated rings. The van der Waals surface area contributed by atoms with Crippen molar-refractivity contribution in [1.82, 2.24) is 25.1 Å². The molecule has 1 atom stereocenters. The maximum absolute atomic E-state index is 13.0. The molecule has 0 saturated heterocycles. The van der Waals surface area contributed by atoms with Crippen LogP contribution in [0.1, 0.15) is 36.2 Å². The quantitative estimate of drug-likeness (QED) is 0.602. The van der Waals surface area contributed by atoms with Crippen LogP contribution in [-0.2, 0) is 17.1 Å². The largest absolute Gasteiger partial charge is 0.475 e. The number of carbonyl (C=O) groups excluding carboxylic acids is 1. The lowest BCUT2D eigenvalue weighted by molar-refractivity contribution is 0.0913. The van der Waals surface area contributed by atoms with Crippen molar-refractivity contribution in [3.05, 3.63) is 47.7 Å². The molecule has 0 unspecified atom stereocenters. The molecule has 33 heavy (non-hydrogen) atoms. The fourth-order valence-corrected chi connectivity index (χ4v) is 4.75. The summed E-state index contributed by atoms with van der Waals surface area (Å²) >= 11 is 0. The number of hydrogen-bond acceptors (Lipinski definition) is 7. The third-order valence-corrected chi connectivity index (χ3v) is 6.55. The second-order valence-corrected chi connectivity index (χ2v) is 10.1. The van der Waals surface area contributed by atoms with Gasteiger partial charge < -0.3 is 10.1 Å². The van der Waals surface area contributed by atoms with Gasteiger partial charge in [0.25, 0.3) is 15.9 Å². The smallest absolute Gasteiger partial charge is 0.264 e. The highest BCUT2D eigenvalue weighted by molar-refractivity contribution is 7.92. The van der Waals surface area contributed by atoms with E-state index in [0.29, 0.717) is 23.7 Å². The summed E-state index contributed by atoms with van der Waals surface area (Å²) < 4.78 is 36.1. The summed E-state index contributed by atoms with van der Waals surface area (Å²) in [6.07, 6.45) is 2.37. The zero-order valence-corrected chi connectivity index (χ0v) is 19.7. The SMILES string of the molecule is Cc1cnn(C)c1-c1cc2nc(n1)NS(=O)(=O)c1cccc(c1)C(=O)N[C@H](CC(C)C)CO2. The first-order valence-electron chi connectivity index (χ1n) is 10.6. The molecule has 174 valence electrons. The third kappa shape index (κ3) is 4.98. The van der Waals surface area contributed by atoms with Crippen LogP contribution in [-0.4, -0.2) is 46.7 Å². The van der Waals surface area contributed by atoms with Gasteiger partial charge in [0.15, 0.2) is 0 Å². The molecule has 0 radical (unpaired) electrons. The number of fused-ring (bicyclic) bond motifs is 4. The predicted molar refractivity (Wildman–Crippen MR) is 122 cm³/mol. The number of carbonyl (C=O) groups is 1. The lowest BCUT2D eigenvalue weighted by atomic mass is 10.0. The fraction of sp³-hybridized carbons (Fsp3) is 0.364. The van der Waals surface area contributed by atoms with E-state index in [9.17, 15) is 13.2 Å². The number of hydrogen-bond donors (Lipinski definition) is 2. The molecule has 0 saturated carbocycles. The van der Waals surface area contributed by atoms with Gasteiger partial charge in [0.1, 0.15) is 6.61 Å². The first-order chi connectivity index (χ1) is 15.6. The van der Waals surface area contributed by atoms with Crippen LogP contribution in [0.15, 0.2) is 41.4 Å². The molecule has 1 aliphatic rings. The van der Waals surface area contributed by atoms with E-state index in [2.05, 4.69) is 39.0 Å². The minimum atomic E-state index is -4.05. The summed E-state index contributed by atoms with van der Waals surface area (Å²) in [5.41, 5.74) is 2.28. The van der Waals surface area contributed by atoms with Crippen molar-refractivity contribution in [3.8, 4) is 17.3 Å². The predicted octanol–water partition coefficient (Wildman–Crippen LogP) is 2.52. The summed E-state index contributed by atoms with van der Waals surface area (Å²) in [6.45, 7) is 6.15. The number of aryl methyl sites for hydroxylation is 2. The molecular weight excluding hydrogens is 444 g/mol. The summed E-state index contributed by atoms with van der Waals surface area (Å²) in [6, 6.07) is 7.18. The van der Waals surface area contributed by atoms with Crippen LogP contribution in [0.4, 0.5) is 5.95 Å². The normalized spacial score (nSPS) is 17.7. The Bertz CT molecular complexity index is 1280. The van der Waals surface area contributed by atoms with Crippen molar-refractivity contribution < 1.29 is 17.9 Å². The molecule has 0 aliphatic carbocycles. The van der Waals surface area contributed by atoms with Crippen molar-refractivity contribution in [2.45, 2.75) is 38.1 Å². The summed E-state index contributed by atoms with van der Waals surface area (Å²) in [4.78, 5) is 21.4. The molecule has 4 rings (SSSR count). The lowest BCUT2D eigenvalue weighted by Gasteiger charge is -2.21. The van der Waals surface area contributed by atoms with E-state index in [1.165, 1.54) is 18.2 Å². The molecular formula is C22H26N6O4S. The minimum Gasteiger partial charge on any atom is -0.475 e. The van der Waals surface area contributed by atoms with Gasteiger partial charge >= 0.3 is 0 Å². The van der Waals surface area contributed by atoms with E-state index in [0.717, 1.165) is 5.56 Å². The number of benzene rings is 1. The number of nitrogens with zero attached hydrogens (tertiary/aromatic N) is 4. The van der Waals surface area contributed by atoms with Gasteiger partial charge in [0.2, 0.25) is 11.8 Å². The van der Waals surface area contributed by atoms with Crippen LogP contribution < -0.4 is 14.8 Å². The van der Waals surface area contributed by atoms with Gasteiger partial charge in [-0.3, -0.25) is 9.48 Å². The third-order valence-electron chi connectivity index (χ3n) is 5.22. The minimum absolute atomic E-state index is 0.0667. The Morgan fingerprint density at radius 2 is 2.03 bits per heavy atom. The van der Waals surface area contributed by atoms with Crippen molar-refractivity contribution in [2.24, 2.45) is 13.0 Å². The van der Waals surface area contributed by atoms with Gasteiger partial charge in [-0.05, 0) is 43.0 Å². The highest BCUT2D eigenvalue weighted by Crippen LogP contribution is 2.26. The van der Waals surface area contributed by atoms with Crippen molar-refractivity contribution in [3.63, 3.8) is 0 Å². The standard InChI is InChI=1S/C22H26N6O4S/c1-13(2)8-16-12-32-19-10-18(20-14(3)11-23-28(20)4)25-22(26-19)27-33(30,31)17-7-5-6-15(9-17)21(29)24-16/h5-7,9-11,13,16H,8,12H2,1-4H3,(H,24,29)(H,25,26,27)/t16-/m1/s1. The van der Waals surface area contributed by atoms with Crippen molar-refractivity contribution >= 4 is 21.9 Å². The van der Waals surface area contributed by atoms with Gasteiger partial charge in [0.05, 0.1) is 28.5 Å². The number of ether oxygens (including phenoxy) is 1. The number of nitrogens with one attached hydrogen (secondary N) is 2. The Hall–Kier alpha value is -3.47. The van der Waals surface area contributed by atoms with E-state index in [1.54, 1.807) is 30.1 Å². The number of aromatic nitrogens is 4. The van der Waals surface area contributed by atoms with Gasteiger partial charge in [-0.15, -0.1) is 0 Å². The van der Waals surface area contributed by atoms with E-state index >= 15 is 0 Å². The Morgan fingerprint density at radius 1 is 1.24 bits per heavy atom. The van der Waals surface area contributed by atoms with Crippen LogP contribution in [0.25, 0.3) is 11.4 Å². The van der Waals surface area contributed by atoms with Gasteiger partial charge in [-0.2, -0.15) is 10.1 Å². The first-order valence-corrected chi connectivity index (χ1v) is 12.1. The number of sulfonamides is 1. The number of rotatable bonds is 3. The molecule has 3 aromatic rings. The summed E-state index contributed by atoms with van der Waals surface area (Å²) in [7, 11) is -2.28. The number of amides is 1. The van der Waals surface area contributed by atoms with E-state index in [1.807, 2.05) is 6.92 Å². The second kappa shape index (κ2) is 8.81. The van der Waals surface area contributed by atoms with Crippen LogP contribution in [0.2, 0.25) is 0 Å². The molecule has 1 aliphatic heterocycles. The molecule has 0 spiro atoms. The maximum Gasteiger partial charge on any atom is 0.264 e. The zero-order valence-electron chi connectivity index (χ0n) is 18.9. The van der Waals surface area contributed by atoms with Crippen LogP contribution in [0.5, 0.6) is 5.88 Å². The Labute approximate surface area is 192 Å². The highest BCUT2D eigenvalue weighted by atomic mass is 32.2. The highest BCUT2D eigenvalue weighted by Gasteiger charge is 2.23. The van der Waals surface area contributed by atoms with E-state index < -0.39 is 10.0 Å². The Kier molecular flexibility index (Phi) is 6.07. The van der Waals surface area contributed by atoms with E-state index in [4.69, 9.17) is 4.74 Å². The zero-order chi connectivity index (χ0) is 23.8. The van der Waals surface area contributed by atoms with Crippen LogP contribution >= 0.6 is 0 Å². The Balaban J connectivity index is 1.84. The van der Waals surface area contributed by atoms with Crippen LogP contribution in [0, 0.1) is 12.8 Å². The maximum atomic E-state index is 13.0. The average molecular weight is 471 g/mol. The van der Waals surface area contributed by atoms with Gasteiger partial charge in [-0.25, -0.2) is 18.1 Å². The molecule has 3 heterocycles. The lowest BCUT2D eigenvalue weighted by Crippen LogP contribution is -2.40. The van der Waals surface area contributed by atoms with Crippen molar-refractivity contribution in [1.29, 1.82) is 0 Å². The molecule has 2 aromatic heterocycles. The Morgan fingerprint density at radius 3 is 2.73 bits per heavy atom. The van der Waals surface area contributed by atoms with Gasteiger partial charge in [-0.1, -0.05) is 19.9 Å². The topological polar surface area (TPSA) is 128 Å². The molecule has 2 N–H and O–H groups in total. The van der Waals surface area contributed by atoms with Crippen molar-refractivity contribution in [2.75, 3.05) is 11.3 Å². The molecule has 4 bridgehead atoms. The second-order valence-electron chi connectivity index (χ2n) is 8.46. The first kappa shape index (κ1) is 22.7.